The van der Waals surface area contributed by atoms with Gasteiger partial charge in [0.2, 0.25) is 0 Å². The largest absolute Gasteiger partial charge is 0.486 e. The summed E-state index contributed by atoms with van der Waals surface area (Å²) in [7, 11) is 0. The number of amides is 2. The van der Waals surface area contributed by atoms with Gasteiger partial charge in [-0.3, -0.25) is 14.4 Å². The van der Waals surface area contributed by atoms with Crippen LogP contribution in [0.4, 0.5) is 5.69 Å². The molecule has 1 aliphatic heterocycles. The molecule has 1 atom stereocenters. The Morgan fingerprint density at radius 2 is 1.80 bits per heavy atom. The summed E-state index contributed by atoms with van der Waals surface area (Å²) in [6.07, 6.45) is -1.08. The van der Waals surface area contributed by atoms with E-state index in [0.717, 1.165) is 0 Å². The fraction of sp³-hybridized carbons (Fsp3) is 0.250. The Balaban J connectivity index is 1.48. The van der Waals surface area contributed by atoms with Crippen LogP contribution in [-0.2, 0) is 14.3 Å². The number of halogens is 2. The van der Waals surface area contributed by atoms with Crippen molar-refractivity contribution < 1.29 is 28.6 Å². The summed E-state index contributed by atoms with van der Waals surface area (Å²) in [6.45, 7) is 1.88. The zero-order valence-corrected chi connectivity index (χ0v) is 17.4. The van der Waals surface area contributed by atoms with Gasteiger partial charge in [0.15, 0.2) is 17.6 Å². The van der Waals surface area contributed by atoms with Crippen LogP contribution in [0.3, 0.4) is 0 Å². The van der Waals surface area contributed by atoms with Gasteiger partial charge in [0.05, 0.1) is 10.6 Å². The maximum atomic E-state index is 12.3. The molecule has 0 aromatic heterocycles. The minimum Gasteiger partial charge on any atom is -0.486 e. The Morgan fingerprint density at radius 1 is 1.07 bits per heavy atom. The molecule has 2 aromatic carbocycles. The van der Waals surface area contributed by atoms with E-state index >= 15 is 0 Å². The third-order valence-electron chi connectivity index (χ3n) is 4.06. The van der Waals surface area contributed by atoms with Crippen LogP contribution in [0.15, 0.2) is 36.4 Å². The van der Waals surface area contributed by atoms with Crippen molar-refractivity contribution in [3.63, 3.8) is 0 Å². The lowest BCUT2D eigenvalue weighted by Crippen LogP contribution is -2.36. The Bertz CT molecular complexity index is 982. The molecule has 1 unspecified atom stereocenters. The molecule has 2 amide bonds. The second-order valence-electron chi connectivity index (χ2n) is 6.29. The van der Waals surface area contributed by atoms with Gasteiger partial charge in [-0.1, -0.05) is 23.2 Å². The van der Waals surface area contributed by atoms with Crippen molar-refractivity contribution in [1.29, 1.82) is 0 Å². The van der Waals surface area contributed by atoms with E-state index < -0.39 is 30.4 Å². The molecule has 30 heavy (non-hydrogen) atoms. The maximum Gasteiger partial charge on any atom is 0.326 e. The number of ether oxygens (including phenoxy) is 3. The molecule has 0 bridgehead atoms. The maximum absolute atomic E-state index is 12.3. The van der Waals surface area contributed by atoms with Gasteiger partial charge in [0, 0.05) is 16.8 Å². The van der Waals surface area contributed by atoms with E-state index in [1.807, 2.05) is 0 Å². The number of rotatable bonds is 6. The molecular formula is C20H18Cl2N2O6. The Kier molecular flexibility index (Phi) is 7.02. The lowest BCUT2D eigenvalue weighted by atomic mass is 10.2. The first-order valence-electron chi connectivity index (χ1n) is 8.96. The number of fused-ring (bicyclic) bond motifs is 1. The van der Waals surface area contributed by atoms with Crippen LogP contribution in [0.2, 0.25) is 10.0 Å². The first-order valence-corrected chi connectivity index (χ1v) is 9.72. The number of anilines is 1. The summed E-state index contributed by atoms with van der Waals surface area (Å²) in [5, 5.41) is 5.55. The first kappa shape index (κ1) is 21.7. The standard InChI is InChI=1S/C20H18Cl2N2O6/c1-11(19(26)24-13-3-5-16-17(9-13)29-7-6-28-16)30-18(25)10-23-20(27)14-4-2-12(21)8-15(14)22/h2-5,8-9,11H,6-7,10H2,1H3,(H,23,27)(H,24,26). The second kappa shape index (κ2) is 9.69. The predicted molar refractivity (Wildman–Crippen MR) is 110 cm³/mol. The van der Waals surface area contributed by atoms with Crippen LogP contribution < -0.4 is 20.1 Å². The Hall–Kier alpha value is -2.97. The number of hydrogen-bond acceptors (Lipinski definition) is 6. The molecule has 1 aliphatic rings. The summed E-state index contributed by atoms with van der Waals surface area (Å²) in [5.41, 5.74) is 0.635. The number of carbonyl (C=O) groups excluding carboxylic acids is 3. The van der Waals surface area contributed by atoms with Crippen molar-refractivity contribution in [2.24, 2.45) is 0 Å². The molecule has 2 N–H and O–H groups in total. The van der Waals surface area contributed by atoms with E-state index in [9.17, 15) is 14.4 Å². The van der Waals surface area contributed by atoms with Gasteiger partial charge in [-0.15, -0.1) is 0 Å². The smallest absolute Gasteiger partial charge is 0.326 e. The number of carbonyl (C=O) groups is 3. The molecule has 8 nitrogen and oxygen atoms in total. The van der Waals surface area contributed by atoms with Gasteiger partial charge < -0.3 is 24.8 Å². The van der Waals surface area contributed by atoms with E-state index in [2.05, 4.69) is 10.6 Å². The first-order chi connectivity index (χ1) is 14.3. The van der Waals surface area contributed by atoms with E-state index in [1.165, 1.54) is 25.1 Å². The molecular weight excluding hydrogens is 435 g/mol. The van der Waals surface area contributed by atoms with Crippen LogP contribution in [0.5, 0.6) is 11.5 Å². The van der Waals surface area contributed by atoms with E-state index in [4.69, 9.17) is 37.4 Å². The summed E-state index contributed by atoms with van der Waals surface area (Å²) in [5.74, 6) is -0.769. The number of benzene rings is 2. The highest BCUT2D eigenvalue weighted by molar-refractivity contribution is 6.36. The van der Waals surface area contributed by atoms with Crippen molar-refractivity contribution >= 4 is 46.7 Å². The molecule has 1 heterocycles. The average molecular weight is 453 g/mol. The monoisotopic (exact) mass is 452 g/mol. The molecule has 0 saturated heterocycles. The van der Waals surface area contributed by atoms with Crippen molar-refractivity contribution in [1.82, 2.24) is 5.32 Å². The molecule has 0 aliphatic carbocycles. The van der Waals surface area contributed by atoms with E-state index in [0.29, 0.717) is 35.4 Å². The average Bonchev–Trinajstić information content (AvgIpc) is 2.72. The minimum absolute atomic E-state index is 0.153. The van der Waals surface area contributed by atoms with Gasteiger partial charge >= 0.3 is 5.97 Å². The van der Waals surface area contributed by atoms with Crippen molar-refractivity contribution in [3.05, 3.63) is 52.0 Å². The topological polar surface area (TPSA) is 103 Å². The zero-order valence-electron chi connectivity index (χ0n) is 15.9. The highest BCUT2D eigenvalue weighted by atomic mass is 35.5. The van der Waals surface area contributed by atoms with Crippen LogP contribution in [0, 0.1) is 0 Å². The molecule has 158 valence electrons. The highest BCUT2D eigenvalue weighted by Crippen LogP contribution is 2.32. The van der Waals surface area contributed by atoms with Crippen molar-refractivity contribution in [2.45, 2.75) is 13.0 Å². The van der Waals surface area contributed by atoms with Gasteiger partial charge in [0.1, 0.15) is 19.8 Å². The third-order valence-corrected chi connectivity index (χ3v) is 4.60. The molecule has 0 saturated carbocycles. The summed E-state index contributed by atoms with van der Waals surface area (Å²) in [4.78, 5) is 36.4. The highest BCUT2D eigenvalue weighted by Gasteiger charge is 2.20. The van der Waals surface area contributed by atoms with Crippen LogP contribution in [0.25, 0.3) is 0 Å². The van der Waals surface area contributed by atoms with Crippen LogP contribution in [0.1, 0.15) is 17.3 Å². The van der Waals surface area contributed by atoms with Gasteiger partial charge in [0.25, 0.3) is 11.8 Å². The molecule has 10 heteroatoms. The van der Waals surface area contributed by atoms with Crippen LogP contribution in [-0.4, -0.2) is 43.6 Å². The lowest BCUT2D eigenvalue weighted by Gasteiger charge is -2.19. The summed E-state index contributed by atoms with van der Waals surface area (Å²) in [6, 6.07) is 9.31. The predicted octanol–water partition coefficient (Wildman–Crippen LogP) is 3.06. The summed E-state index contributed by atoms with van der Waals surface area (Å²) < 4.78 is 15.9. The quantitative estimate of drug-likeness (QED) is 0.652. The van der Waals surface area contributed by atoms with E-state index in [1.54, 1.807) is 18.2 Å². The van der Waals surface area contributed by atoms with E-state index in [-0.39, 0.29) is 10.6 Å². The molecule has 2 aromatic rings. The fourth-order valence-electron chi connectivity index (χ4n) is 2.58. The normalized spacial score (nSPS) is 13.2. The minimum atomic E-state index is -1.08. The number of nitrogens with one attached hydrogen (secondary N) is 2. The lowest BCUT2D eigenvalue weighted by molar-refractivity contribution is -0.152. The number of hydrogen-bond donors (Lipinski definition) is 2. The van der Waals surface area contributed by atoms with Gasteiger partial charge in [-0.05, 0) is 37.3 Å². The molecule has 0 fully saturated rings. The van der Waals surface area contributed by atoms with Crippen molar-refractivity contribution in [3.8, 4) is 11.5 Å². The summed E-state index contributed by atoms with van der Waals surface area (Å²) >= 11 is 11.7. The third kappa shape index (κ3) is 5.55. The SMILES string of the molecule is CC(OC(=O)CNC(=O)c1ccc(Cl)cc1Cl)C(=O)Nc1ccc2c(c1)OCCO2. The molecule has 3 rings (SSSR count). The van der Waals surface area contributed by atoms with Crippen molar-refractivity contribution in [2.75, 3.05) is 25.1 Å². The molecule has 0 spiro atoms. The van der Waals surface area contributed by atoms with Crippen LogP contribution >= 0.6 is 23.2 Å². The van der Waals surface area contributed by atoms with Gasteiger partial charge in [-0.2, -0.15) is 0 Å². The Morgan fingerprint density at radius 3 is 2.53 bits per heavy atom. The zero-order chi connectivity index (χ0) is 21.7. The van der Waals surface area contributed by atoms with Gasteiger partial charge in [-0.25, -0.2) is 0 Å². The Labute approximate surface area is 182 Å². The second-order valence-corrected chi connectivity index (χ2v) is 7.13. The molecule has 0 radical (unpaired) electrons. The number of esters is 1. The fourth-order valence-corrected chi connectivity index (χ4v) is 3.07.